The molecule has 1 amide bonds. The number of carboxylic acid groups (broad SMARTS) is 1. The number of ether oxygens (including phenoxy) is 2. The summed E-state index contributed by atoms with van der Waals surface area (Å²) in [5.74, 6) is -0.863. The Morgan fingerprint density at radius 1 is 1.50 bits per heavy atom. The van der Waals surface area contributed by atoms with Gasteiger partial charge in [-0.2, -0.15) is 0 Å². The molecule has 0 radical (unpaired) electrons. The van der Waals surface area contributed by atoms with Crippen LogP contribution in [0.1, 0.15) is 12.5 Å². The van der Waals surface area contributed by atoms with Crippen molar-refractivity contribution in [2.45, 2.75) is 13.5 Å². The molecule has 2 rings (SSSR count). The van der Waals surface area contributed by atoms with Crippen LogP contribution in [0, 0.1) is 0 Å². The number of anilines is 1. The number of carbonyl (C=O) groups excluding carboxylic acids is 1. The Labute approximate surface area is 115 Å². The summed E-state index contributed by atoms with van der Waals surface area (Å²) in [4.78, 5) is 23.8. The maximum atomic E-state index is 11.8. The maximum absolute atomic E-state index is 11.8. The van der Waals surface area contributed by atoms with Crippen molar-refractivity contribution < 1.29 is 29.3 Å². The van der Waals surface area contributed by atoms with E-state index in [0.717, 1.165) is 4.90 Å². The molecule has 7 heteroatoms. The normalized spacial score (nSPS) is 13.7. The van der Waals surface area contributed by atoms with Crippen LogP contribution < -0.4 is 14.4 Å². The van der Waals surface area contributed by atoms with Gasteiger partial charge in [0, 0.05) is 0 Å². The number of aliphatic hydroxyl groups excluding tert-OH is 1. The molecule has 0 fully saturated rings. The van der Waals surface area contributed by atoms with E-state index in [0.29, 0.717) is 29.4 Å². The molecule has 108 valence electrons. The van der Waals surface area contributed by atoms with Gasteiger partial charge in [0.2, 0.25) is 0 Å². The van der Waals surface area contributed by atoms with Crippen molar-refractivity contribution >= 4 is 17.6 Å². The number of nitrogens with zero attached hydrogens (tertiary/aromatic N) is 1. The molecule has 0 atom stereocenters. The molecule has 0 aliphatic carbocycles. The number of amides is 1. The Bertz CT molecular complexity index is 542. The van der Waals surface area contributed by atoms with Crippen molar-refractivity contribution in [1.82, 2.24) is 0 Å². The standard InChI is InChI=1S/C13H15NO6/c1-2-19-10-4-8(6-15)3-9-13(10)20-7-11(16)14(9)5-12(17)18/h3-4,15H,2,5-7H2,1H3,(H,17,18). The Hall–Kier alpha value is -2.28. The molecule has 1 heterocycles. The predicted molar refractivity (Wildman–Crippen MR) is 69.0 cm³/mol. The molecule has 2 N–H and O–H groups in total. The first-order chi connectivity index (χ1) is 9.56. The zero-order valence-electron chi connectivity index (χ0n) is 11.0. The number of aliphatic carboxylic acids is 1. The van der Waals surface area contributed by atoms with Crippen molar-refractivity contribution in [3.8, 4) is 11.5 Å². The topological polar surface area (TPSA) is 96.3 Å². The smallest absolute Gasteiger partial charge is 0.323 e. The number of carboxylic acids is 1. The van der Waals surface area contributed by atoms with Crippen LogP contribution in [0.15, 0.2) is 12.1 Å². The van der Waals surface area contributed by atoms with Gasteiger partial charge >= 0.3 is 5.97 Å². The SMILES string of the molecule is CCOc1cc(CO)cc2c1OCC(=O)N2CC(=O)O. The Balaban J connectivity index is 2.51. The summed E-state index contributed by atoms with van der Waals surface area (Å²) in [6.07, 6.45) is 0. The number of hydrogen-bond acceptors (Lipinski definition) is 5. The van der Waals surface area contributed by atoms with Gasteiger partial charge in [-0.1, -0.05) is 0 Å². The molecule has 0 spiro atoms. The molecule has 1 aliphatic rings. The van der Waals surface area contributed by atoms with Gasteiger partial charge in [0.1, 0.15) is 6.54 Å². The fraction of sp³-hybridized carbons (Fsp3) is 0.385. The fourth-order valence-corrected chi connectivity index (χ4v) is 2.00. The van der Waals surface area contributed by atoms with Gasteiger partial charge in [-0.15, -0.1) is 0 Å². The van der Waals surface area contributed by atoms with Crippen LogP contribution in [-0.2, 0) is 16.2 Å². The Morgan fingerprint density at radius 2 is 2.25 bits per heavy atom. The van der Waals surface area contributed by atoms with E-state index >= 15 is 0 Å². The van der Waals surface area contributed by atoms with Gasteiger partial charge in [-0.05, 0) is 24.6 Å². The number of benzene rings is 1. The molecule has 0 unspecified atom stereocenters. The first-order valence-electron chi connectivity index (χ1n) is 6.12. The molecule has 0 saturated carbocycles. The van der Waals surface area contributed by atoms with E-state index in [9.17, 15) is 14.7 Å². The van der Waals surface area contributed by atoms with Crippen LogP contribution >= 0.6 is 0 Å². The van der Waals surface area contributed by atoms with Gasteiger partial charge in [0.05, 0.1) is 18.9 Å². The van der Waals surface area contributed by atoms with Crippen LogP contribution in [0.3, 0.4) is 0 Å². The lowest BCUT2D eigenvalue weighted by Crippen LogP contribution is -2.42. The monoisotopic (exact) mass is 281 g/mol. The zero-order chi connectivity index (χ0) is 14.7. The number of fused-ring (bicyclic) bond motifs is 1. The van der Waals surface area contributed by atoms with Crippen LogP contribution in [0.25, 0.3) is 0 Å². The highest BCUT2D eigenvalue weighted by molar-refractivity contribution is 6.01. The summed E-state index contributed by atoms with van der Waals surface area (Å²) in [6, 6.07) is 3.13. The first kappa shape index (κ1) is 14.1. The molecule has 0 aromatic heterocycles. The Morgan fingerprint density at radius 3 is 2.85 bits per heavy atom. The minimum absolute atomic E-state index is 0.237. The molecular formula is C13H15NO6. The molecule has 0 bridgehead atoms. The molecule has 7 nitrogen and oxygen atoms in total. The third-order valence-electron chi connectivity index (χ3n) is 2.80. The van der Waals surface area contributed by atoms with Gasteiger partial charge < -0.3 is 19.7 Å². The second-order valence-corrected chi connectivity index (χ2v) is 4.20. The van der Waals surface area contributed by atoms with E-state index in [1.807, 2.05) is 0 Å². The van der Waals surface area contributed by atoms with E-state index in [4.69, 9.17) is 14.6 Å². The minimum Gasteiger partial charge on any atom is -0.490 e. The van der Waals surface area contributed by atoms with Crippen molar-refractivity contribution in [3.63, 3.8) is 0 Å². The molecule has 1 aromatic rings. The lowest BCUT2D eigenvalue weighted by Gasteiger charge is -2.29. The van der Waals surface area contributed by atoms with Gasteiger partial charge in [0.25, 0.3) is 5.91 Å². The fourth-order valence-electron chi connectivity index (χ4n) is 2.00. The first-order valence-corrected chi connectivity index (χ1v) is 6.12. The molecule has 20 heavy (non-hydrogen) atoms. The average Bonchev–Trinajstić information content (AvgIpc) is 2.41. The highest BCUT2D eigenvalue weighted by Crippen LogP contribution is 2.41. The minimum atomic E-state index is -1.13. The van der Waals surface area contributed by atoms with Gasteiger partial charge in [-0.25, -0.2) is 0 Å². The third kappa shape index (κ3) is 2.67. The van der Waals surface area contributed by atoms with Crippen LogP contribution in [0.5, 0.6) is 11.5 Å². The quantitative estimate of drug-likeness (QED) is 0.810. The molecule has 0 saturated heterocycles. The number of carbonyl (C=O) groups is 2. The lowest BCUT2D eigenvalue weighted by molar-refractivity contribution is -0.137. The van der Waals surface area contributed by atoms with Crippen LogP contribution in [0.2, 0.25) is 0 Å². The van der Waals surface area contributed by atoms with Crippen molar-refractivity contribution in [2.75, 3.05) is 24.7 Å². The zero-order valence-corrected chi connectivity index (χ0v) is 11.0. The van der Waals surface area contributed by atoms with Crippen molar-refractivity contribution in [1.29, 1.82) is 0 Å². The maximum Gasteiger partial charge on any atom is 0.323 e. The van der Waals surface area contributed by atoms with Gasteiger partial charge in [-0.3, -0.25) is 14.5 Å². The molecular weight excluding hydrogens is 266 g/mol. The van der Waals surface area contributed by atoms with E-state index in [1.165, 1.54) is 6.07 Å². The van der Waals surface area contributed by atoms with Crippen molar-refractivity contribution in [3.05, 3.63) is 17.7 Å². The van der Waals surface area contributed by atoms with E-state index in [-0.39, 0.29) is 13.2 Å². The summed E-state index contributed by atoms with van der Waals surface area (Å²) in [7, 11) is 0. The summed E-state index contributed by atoms with van der Waals surface area (Å²) >= 11 is 0. The summed E-state index contributed by atoms with van der Waals surface area (Å²) in [5.41, 5.74) is 0.819. The second kappa shape index (κ2) is 5.79. The summed E-state index contributed by atoms with van der Waals surface area (Å²) < 4.78 is 10.8. The number of rotatable bonds is 5. The molecule has 1 aliphatic heterocycles. The third-order valence-corrected chi connectivity index (χ3v) is 2.80. The summed E-state index contributed by atoms with van der Waals surface area (Å²) in [5, 5.41) is 18.1. The number of hydrogen-bond donors (Lipinski definition) is 2. The largest absolute Gasteiger partial charge is 0.490 e. The number of aliphatic hydroxyl groups is 1. The van der Waals surface area contributed by atoms with Crippen LogP contribution in [0.4, 0.5) is 5.69 Å². The van der Waals surface area contributed by atoms with E-state index in [1.54, 1.807) is 13.0 Å². The average molecular weight is 281 g/mol. The highest BCUT2D eigenvalue weighted by atomic mass is 16.5. The molecule has 1 aromatic carbocycles. The Kier molecular flexibility index (Phi) is 4.09. The lowest BCUT2D eigenvalue weighted by atomic mass is 10.1. The predicted octanol–water partition coefficient (Wildman–Crippen LogP) is 0.388. The van der Waals surface area contributed by atoms with Crippen LogP contribution in [-0.4, -0.2) is 41.8 Å². The van der Waals surface area contributed by atoms with E-state index in [2.05, 4.69) is 0 Å². The van der Waals surface area contributed by atoms with Gasteiger partial charge in [0.15, 0.2) is 18.1 Å². The van der Waals surface area contributed by atoms with E-state index < -0.39 is 18.4 Å². The van der Waals surface area contributed by atoms with Crippen molar-refractivity contribution in [2.24, 2.45) is 0 Å². The summed E-state index contributed by atoms with van der Waals surface area (Å²) in [6.45, 7) is 1.23. The highest BCUT2D eigenvalue weighted by Gasteiger charge is 2.30. The second-order valence-electron chi connectivity index (χ2n) is 4.20.